The minimum absolute atomic E-state index is 0.0829. The van der Waals surface area contributed by atoms with Gasteiger partial charge in [-0.05, 0) is 41.8 Å². The second-order valence-electron chi connectivity index (χ2n) is 3.88. The van der Waals surface area contributed by atoms with Crippen LogP contribution in [0.3, 0.4) is 0 Å². The van der Waals surface area contributed by atoms with Gasteiger partial charge in [0.25, 0.3) is 0 Å². The van der Waals surface area contributed by atoms with E-state index in [1.54, 1.807) is 24.5 Å². The summed E-state index contributed by atoms with van der Waals surface area (Å²) in [5, 5.41) is 0.0829. The summed E-state index contributed by atoms with van der Waals surface area (Å²) in [6, 6.07) is 6.05. The number of nitrogens with two attached hydrogens (primary N) is 1. The molecule has 0 aliphatic rings. The molecule has 1 aromatic heterocycles. The average Bonchev–Trinajstić information content (AvgIpc) is 2.32. The molecule has 1 heterocycles. The van der Waals surface area contributed by atoms with Crippen LogP contribution in [0.5, 0.6) is 0 Å². The molecule has 2 rings (SSSR count). The molecule has 2 aromatic rings. The van der Waals surface area contributed by atoms with Gasteiger partial charge in [-0.1, -0.05) is 17.7 Å². The quantitative estimate of drug-likeness (QED) is 0.889. The summed E-state index contributed by atoms with van der Waals surface area (Å²) in [6.07, 6.45) is 3.43. The third kappa shape index (κ3) is 2.46. The summed E-state index contributed by atoms with van der Waals surface area (Å²) in [5.74, 6) is -0.439. The molecule has 1 unspecified atom stereocenters. The van der Waals surface area contributed by atoms with Gasteiger partial charge in [-0.25, -0.2) is 4.39 Å². The van der Waals surface area contributed by atoms with Crippen LogP contribution in [0.15, 0.2) is 36.7 Å². The van der Waals surface area contributed by atoms with Crippen LogP contribution in [0.4, 0.5) is 4.39 Å². The molecular weight excluding hydrogens is 239 g/mol. The van der Waals surface area contributed by atoms with E-state index in [0.29, 0.717) is 0 Å². The minimum Gasteiger partial charge on any atom is -0.320 e. The van der Waals surface area contributed by atoms with Gasteiger partial charge in [0, 0.05) is 12.4 Å². The van der Waals surface area contributed by atoms with Gasteiger partial charge in [0.2, 0.25) is 0 Å². The first-order chi connectivity index (χ1) is 8.09. The molecule has 0 saturated carbocycles. The van der Waals surface area contributed by atoms with Crippen molar-refractivity contribution >= 4 is 11.6 Å². The molecule has 0 bridgehead atoms. The zero-order valence-corrected chi connectivity index (χ0v) is 10.1. The van der Waals surface area contributed by atoms with Crippen molar-refractivity contribution < 1.29 is 4.39 Å². The van der Waals surface area contributed by atoms with E-state index in [1.807, 2.05) is 13.0 Å². The summed E-state index contributed by atoms with van der Waals surface area (Å²) >= 11 is 5.74. The Morgan fingerprint density at radius 1 is 1.35 bits per heavy atom. The maximum atomic E-state index is 13.1. The highest BCUT2D eigenvalue weighted by Crippen LogP contribution is 2.25. The molecule has 2 N–H and O–H groups in total. The highest BCUT2D eigenvalue weighted by Gasteiger charge is 2.13. The van der Waals surface area contributed by atoms with Gasteiger partial charge in [0.05, 0.1) is 11.1 Å². The van der Waals surface area contributed by atoms with Crippen LogP contribution in [0.25, 0.3) is 0 Å². The predicted molar refractivity (Wildman–Crippen MR) is 66.4 cm³/mol. The number of nitrogens with zero attached hydrogens (tertiary/aromatic N) is 1. The number of aromatic nitrogens is 1. The fraction of sp³-hybridized carbons (Fsp3) is 0.154. The molecule has 0 amide bonds. The molecule has 17 heavy (non-hydrogen) atoms. The van der Waals surface area contributed by atoms with Crippen molar-refractivity contribution in [2.45, 2.75) is 13.0 Å². The van der Waals surface area contributed by atoms with E-state index in [2.05, 4.69) is 4.98 Å². The first kappa shape index (κ1) is 12.0. The predicted octanol–water partition coefficient (Wildman–Crippen LogP) is 3.23. The van der Waals surface area contributed by atoms with Gasteiger partial charge >= 0.3 is 0 Å². The van der Waals surface area contributed by atoms with Gasteiger partial charge in [-0.3, -0.25) is 4.98 Å². The molecular formula is C13H12ClFN2. The Kier molecular flexibility index (Phi) is 3.41. The van der Waals surface area contributed by atoms with E-state index in [4.69, 9.17) is 17.3 Å². The molecule has 1 atom stereocenters. The monoisotopic (exact) mass is 250 g/mol. The van der Waals surface area contributed by atoms with Crippen molar-refractivity contribution in [2.75, 3.05) is 0 Å². The molecule has 0 spiro atoms. The SMILES string of the molecule is Cc1ccncc1C(N)c1ccc(F)c(Cl)c1. The second kappa shape index (κ2) is 4.82. The van der Waals surface area contributed by atoms with Crippen molar-refractivity contribution in [1.82, 2.24) is 4.98 Å². The molecule has 88 valence electrons. The lowest BCUT2D eigenvalue weighted by Crippen LogP contribution is -2.13. The smallest absolute Gasteiger partial charge is 0.141 e. The molecule has 4 heteroatoms. The number of halogens is 2. The number of benzene rings is 1. The minimum atomic E-state index is -0.439. The van der Waals surface area contributed by atoms with E-state index in [9.17, 15) is 4.39 Å². The van der Waals surface area contributed by atoms with Gasteiger partial charge in [0.15, 0.2) is 0 Å². The maximum absolute atomic E-state index is 13.1. The van der Waals surface area contributed by atoms with Crippen LogP contribution in [0.2, 0.25) is 5.02 Å². The highest BCUT2D eigenvalue weighted by molar-refractivity contribution is 6.30. The van der Waals surface area contributed by atoms with Crippen molar-refractivity contribution in [3.63, 3.8) is 0 Å². The Bertz CT molecular complexity index is 543. The van der Waals surface area contributed by atoms with Crippen molar-refractivity contribution in [2.24, 2.45) is 5.73 Å². The molecule has 2 nitrogen and oxygen atoms in total. The Morgan fingerprint density at radius 2 is 2.12 bits per heavy atom. The van der Waals surface area contributed by atoms with Crippen LogP contribution in [-0.4, -0.2) is 4.98 Å². The topological polar surface area (TPSA) is 38.9 Å². The summed E-state index contributed by atoms with van der Waals surface area (Å²) in [5.41, 5.74) is 8.85. The molecule has 0 fully saturated rings. The standard InChI is InChI=1S/C13H12ClFN2/c1-8-4-5-17-7-10(8)13(16)9-2-3-12(15)11(14)6-9/h2-7,13H,16H2,1H3. The van der Waals surface area contributed by atoms with E-state index >= 15 is 0 Å². The summed E-state index contributed by atoms with van der Waals surface area (Å²) in [6.45, 7) is 1.96. The first-order valence-corrected chi connectivity index (χ1v) is 5.58. The summed E-state index contributed by atoms with van der Waals surface area (Å²) in [7, 11) is 0. The molecule has 0 saturated heterocycles. The lowest BCUT2D eigenvalue weighted by Gasteiger charge is -2.14. The number of hydrogen-bond acceptors (Lipinski definition) is 2. The van der Waals surface area contributed by atoms with Crippen LogP contribution >= 0.6 is 11.6 Å². The van der Waals surface area contributed by atoms with Gasteiger partial charge in [-0.15, -0.1) is 0 Å². The second-order valence-corrected chi connectivity index (χ2v) is 4.29. The molecule has 0 aliphatic carbocycles. The Labute approximate surface area is 104 Å². The van der Waals surface area contributed by atoms with Gasteiger partial charge in [0.1, 0.15) is 5.82 Å². The van der Waals surface area contributed by atoms with Crippen LogP contribution in [-0.2, 0) is 0 Å². The summed E-state index contributed by atoms with van der Waals surface area (Å²) < 4.78 is 13.1. The fourth-order valence-corrected chi connectivity index (χ4v) is 1.88. The van der Waals surface area contributed by atoms with Crippen LogP contribution in [0.1, 0.15) is 22.7 Å². The normalized spacial score (nSPS) is 12.5. The third-order valence-electron chi connectivity index (χ3n) is 2.72. The first-order valence-electron chi connectivity index (χ1n) is 5.20. The largest absolute Gasteiger partial charge is 0.320 e. The van der Waals surface area contributed by atoms with E-state index in [0.717, 1.165) is 16.7 Å². The number of hydrogen-bond donors (Lipinski definition) is 1. The van der Waals surface area contributed by atoms with Crippen LogP contribution < -0.4 is 5.73 Å². The zero-order chi connectivity index (χ0) is 12.4. The van der Waals surface area contributed by atoms with Crippen LogP contribution in [0, 0.1) is 12.7 Å². The highest BCUT2D eigenvalue weighted by atomic mass is 35.5. The van der Waals surface area contributed by atoms with E-state index < -0.39 is 5.82 Å². The molecule has 0 aliphatic heterocycles. The van der Waals surface area contributed by atoms with Gasteiger partial charge in [-0.2, -0.15) is 0 Å². The Hall–Kier alpha value is -1.45. The lowest BCUT2D eigenvalue weighted by molar-refractivity contribution is 0.626. The Balaban J connectivity index is 2.40. The molecule has 1 aromatic carbocycles. The zero-order valence-electron chi connectivity index (χ0n) is 9.32. The molecule has 0 radical (unpaired) electrons. The number of rotatable bonds is 2. The Morgan fingerprint density at radius 3 is 2.76 bits per heavy atom. The van der Waals surface area contributed by atoms with Crippen molar-refractivity contribution in [3.05, 3.63) is 64.2 Å². The number of pyridine rings is 1. The third-order valence-corrected chi connectivity index (χ3v) is 3.01. The fourth-order valence-electron chi connectivity index (χ4n) is 1.69. The van der Waals surface area contributed by atoms with E-state index in [1.165, 1.54) is 6.07 Å². The number of aryl methyl sites for hydroxylation is 1. The van der Waals surface area contributed by atoms with Crippen molar-refractivity contribution in [1.29, 1.82) is 0 Å². The lowest BCUT2D eigenvalue weighted by atomic mass is 9.98. The summed E-state index contributed by atoms with van der Waals surface area (Å²) in [4.78, 5) is 4.05. The maximum Gasteiger partial charge on any atom is 0.141 e. The van der Waals surface area contributed by atoms with Crippen molar-refractivity contribution in [3.8, 4) is 0 Å². The van der Waals surface area contributed by atoms with E-state index in [-0.39, 0.29) is 11.1 Å². The van der Waals surface area contributed by atoms with Gasteiger partial charge < -0.3 is 5.73 Å². The average molecular weight is 251 g/mol.